The zero-order valence-corrected chi connectivity index (χ0v) is 11.6. The van der Waals surface area contributed by atoms with Crippen molar-refractivity contribution in [3.05, 3.63) is 48.0 Å². The number of hydrogen-bond donors (Lipinski definition) is 1. The molecule has 1 heterocycles. The van der Waals surface area contributed by atoms with Crippen LogP contribution in [0, 0.1) is 6.92 Å². The molecule has 0 saturated heterocycles. The molecule has 0 saturated carbocycles. The van der Waals surface area contributed by atoms with Gasteiger partial charge in [0.15, 0.2) is 5.13 Å². The number of nitrogens with one attached hydrogen (secondary N) is 1. The summed E-state index contributed by atoms with van der Waals surface area (Å²) in [7, 11) is 1.68. The molecule has 19 heavy (non-hydrogen) atoms. The second kappa shape index (κ2) is 4.90. The summed E-state index contributed by atoms with van der Waals surface area (Å²) in [6, 6.07) is 14.2. The van der Waals surface area contributed by atoms with Gasteiger partial charge in [-0.25, -0.2) is 4.98 Å². The van der Waals surface area contributed by atoms with Crippen molar-refractivity contribution >= 4 is 32.4 Å². The zero-order chi connectivity index (χ0) is 13.2. The number of thiazole rings is 1. The molecule has 0 bridgehead atoms. The Morgan fingerprint density at radius 2 is 2.00 bits per heavy atom. The number of benzene rings is 2. The van der Waals surface area contributed by atoms with E-state index in [0.29, 0.717) is 0 Å². The van der Waals surface area contributed by atoms with E-state index in [-0.39, 0.29) is 0 Å². The molecule has 0 spiro atoms. The fourth-order valence-electron chi connectivity index (χ4n) is 2.01. The highest BCUT2D eigenvalue weighted by atomic mass is 32.1. The molecule has 3 aromatic rings. The summed E-state index contributed by atoms with van der Waals surface area (Å²) in [6.45, 7) is 2.03. The van der Waals surface area contributed by atoms with E-state index >= 15 is 0 Å². The number of hydrogen-bond acceptors (Lipinski definition) is 4. The van der Waals surface area contributed by atoms with Crippen molar-refractivity contribution in [2.24, 2.45) is 0 Å². The van der Waals surface area contributed by atoms with Crippen molar-refractivity contribution in [2.45, 2.75) is 6.92 Å². The van der Waals surface area contributed by atoms with Gasteiger partial charge in [0.25, 0.3) is 0 Å². The van der Waals surface area contributed by atoms with Gasteiger partial charge < -0.3 is 10.1 Å². The number of aromatic nitrogens is 1. The maximum atomic E-state index is 5.26. The molecule has 1 aromatic heterocycles. The zero-order valence-electron chi connectivity index (χ0n) is 10.8. The number of ether oxygens (including phenoxy) is 1. The van der Waals surface area contributed by atoms with Gasteiger partial charge in [-0.1, -0.05) is 23.5 Å². The molecular weight excluding hydrogens is 256 g/mol. The Labute approximate surface area is 115 Å². The van der Waals surface area contributed by atoms with Crippen molar-refractivity contribution < 1.29 is 4.74 Å². The lowest BCUT2D eigenvalue weighted by molar-refractivity contribution is 0.412. The van der Waals surface area contributed by atoms with E-state index in [2.05, 4.69) is 22.4 Å². The monoisotopic (exact) mass is 270 g/mol. The first kappa shape index (κ1) is 12.0. The van der Waals surface area contributed by atoms with Crippen LogP contribution in [-0.4, -0.2) is 12.1 Å². The number of anilines is 2. The Balaban J connectivity index is 1.90. The Hall–Kier alpha value is -2.07. The third-order valence-electron chi connectivity index (χ3n) is 2.94. The van der Waals surface area contributed by atoms with Gasteiger partial charge in [0.1, 0.15) is 5.75 Å². The van der Waals surface area contributed by atoms with E-state index in [1.165, 1.54) is 4.70 Å². The van der Waals surface area contributed by atoms with Gasteiger partial charge in [0.2, 0.25) is 0 Å². The minimum atomic E-state index is 0.898. The van der Waals surface area contributed by atoms with Crippen LogP contribution in [-0.2, 0) is 0 Å². The Morgan fingerprint density at radius 3 is 2.74 bits per heavy atom. The first-order valence-electron chi connectivity index (χ1n) is 6.03. The maximum Gasteiger partial charge on any atom is 0.188 e. The van der Waals surface area contributed by atoms with Crippen LogP contribution < -0.4 is 10.1 Å². The molecule has 0 fully saturated rings. The minimum Gasteiger partial charge on any atom is -0.496 e. The Morgan fingerprint density at radius 1 is 1.16 bits per heavy atom. The molecule has 0 aliphatic heterocycles. The summed E-state index contributed by atoms with van der Waals surface area (Å²) in [5.41, 5.74) is 3.16. The lowest BCUT2D eigenvalue weighted by atomic mass is 10.2. The van der Waals surface area contributed by atoms with E-state index < -0.39 is 0 Å². The predicted octanol–water partition coefficient (Wildman–Crippen LogP) is 4.36. The Bertz CT molecular complexity index is 688. The Kier molecular flexibility index (Phi) is 3.09. The molecule has 0 aliphatic rings. The van der Waals surface area contributed by atoms with Gasteiger partial charge in [-0.05, 0) is 42.8 Å². The molecule has 0 atom stereocenters. The van der Waals surface area contributed by atoms with Gasteiger partial charge in [-0.2, -0.15) is 0 Å². The predicted molar refractivity (Wildman–Crippen MR) is 80.6 cm³/mol. The van der Waals surface area contributed by atoms with Crippen LogP contribution in [0.5, 0.6) is 5.75 Å². The molecule has 96 valence electrons. The van der Waals surface area contributed by atoms with Crippen molar-refractivity contribution in [3.63, 3.8) is 0 Å². The van der Waals surface area contributed by atoms with Crippen molar-refractivity contribution in [3.8, 4) is 5.75 Å². The average molecular weight is 270 g/mol. The molecule has 0 radical (unpaired) electrons. The third-order valence-corrected chi connectivity index (χ3v) is 3.89. The second-order valence-corrected chi connectivity index (χ2v) is 5.33. The number of fused-ring (bicyclic) bond motifs is 1. The smallest absolute Gasteiger partial charge is 0.188 e. The molecular formula is C15H14N2OS. The SMILES string of the molecule is COc1ccc(Nc2nc3ccccc3s2)cc1C. The largest absolute Gasteiger partial charge is 0.496 e. The van der Waals surface area contributed by atoms with Gasteiger partial charge in [0, 0.05) is 5.69 Å². The fraction of sp³-hybridized carbons (Fsp3) is 0.133. The highest BCUT2D eigenvalue weighted by Gasteiger charge is 2.04. The van der Waals surface area contributed by atoms with E-state index in [1.807, 2.05) is 37.3 Å². The molecule has 3 rings (SSSR count). The molecule has 1 N–H and O–H groups in total. The maximum absolute atomic E-state index is 5.26. The molecule has 3 nitrogen and oxygen atoms in total. The van der Waals surface area contributed by atoms with E-state index in [1.54, 1.807) is 18.4 Å². The molecule has 4 heteroatoms. The molecule has 0 aliphatic carbocycles. The van der Waals surface area contributed by atoms with Crippen molar-refractivity contribution in [1.82, 2.24) is 4.98 Å². The standard InChI is InChI=1S/C15H14N2OS/c1-10-9-11(7-8-13(10)18-2)16-15-17-12-5-3-4-6-14(12)19-15/h3-9H,1-2H3,(H,16,17). The van der Waals surface area contributed by atoms with Crippen LogP contribution in [0.25, 0.3) is 10.2 Å². The normalized spacial score (nSPS) is 10.6. The summed E-state index contributed by atoms with van der Waals surface area (Å²) in [4.78, 5) is 4.56. The van der Waals surface area contributed by atoms with Gasteiger partial charge in [0.05, 0.1) is 17.3 Å². The fourth-order valence-corrected chi connectivity index (χ4v) is 2.89. The third kappa shape index (κ3) is 2.39. The summed E-state index contributed by atoms with van der Waals surface area (Å²) < 4.78 is 6.45. The molecule has 0 amide bonds. The van der Waals surface area contributed by atoms with Gasteiger partial charge in [-0.15, -0.1) is 0 Å². The average Bonchev–Trinajstić information content (AvgIpc) is 2.81. The van der Waals surface area contributed by atoms with Crippen LogP contribution >= 0.6 is 11.3 Å². The van der Waals surface area contributed by atoms with Crippen LogP contribution in [0.2, 0.25) is 0 Å². The highest BCUT2D eigenvalue weighted by Crippen LogP contribution is 2.29. The number of methoxy groups -OCH3 is 1. The van der Waals surface area contributed by atoms with Crippen molar-refractivity contribution in [1.29, 1.82) is 0 Å². The first-order valence-corrected chi connectivity index (χ1v) is 6.85. The van der Waals surface area contributed by atoms with Crippen LogP contribution in [0.3, 0.4) is 0 Å². The summed E-state index contributed by atoms with van der Waals surface area (Å²) in [5.74, 6) is 0.898. The van der Waals surface area contributed by atoms with E-state index in [4.69, 9.17) is 4.74 Å². The van der Waals surface area contributed by atoms with Crippen LogP contribution in [0.1, 0.15) is 5.56 Å². The summed E-state index contributed by atoms with van der Waals surface area (Å²) in [5, 5.41) is 4.25. The molecule has 2 aromatic carbocycles. The highest BCUT2D eigenvalue weighted by molar-refractivity contribution is 7.22. The first-order chi connectivity index (χ1) is 9.26. The lowest BCUT2D eigenvalue weighted by Gasteiger charge is -2.07. The number of rotatable bonds is 3. The van der Waals surface area contributed by atoms with Crippen LogP contribution in [0.15, 0.2) is 42.5 Å². The summed E-state index contributed by atoms with van der Waals surface area (Å²) >= 11 is 1.65. The molecule has 0 unspecified atom stereocenters. The van der Waals surface area contributed by atoms with Crippen LogP contribution in [0.4, 0.5) is 10.8 Å². The van der Waals surface area contributed by atoms with Gasteiger partial charge in [-0.3, -0.25) is 0 Å². The quantitative estimate of drug-likeness (QED) is 0.768. The summed E-state index contributed by atoms with van der Waals surface area (Å²) in [6.07, 6.45) is 0. The number of aryl methyl sites for hydroxylation is 1. The lowest BCUT2D eigenvalue weighted by Crippen LogP contribution is -1.92. The minimum absolute atomic E-state index is 0.898. The van der Waals surface area contributed by atoms with E-state index in [0.717, 1.165) is 27.6 Å². The second-order valence-electron chi connectivity index (χ2n) is 4.30. The number of para-hydroxylation sites is 1. The van der Waals surface area contributed by atoms with E-state index in [9.17, 15) is 0 Å². The topological polar surface area (TPSA) is 34.1 Å². The number of nitrogens with zero attached hydrogens (tertiary/aromatic N) is 1. The van der Waals surface area contributed by atoms with Crippen molar-refractivity contribution in [2.75, 3.05) is 12.4 Å². The van der Waals surface area contributed by atoms with Gasteiger partial charge >= 0.3 is 0 Å².